The second kappa shape index (κ2) is 7.34. The maximum Gasteiger partial charge on any atom is 0.152 e. The first kappa shape index (κ1) is 17.8. The number of nitrogens with two attached hydrogens (primary N) is 2. The van der Waals surface area contributed by atoms with Gasteiger partial charge in [0.05, 0.1) is 5.69 Å². The lowest BCUT2D eigenvalue weighted by Gasteiger charge is -2.39. The smallest absolute Gasteiger partial charge is 0.152 e. The molecule has 9 nitrogen and oxygen atoms in total. The Bertz CT molecular complexity index is 674. The molecule has 9 heteroatoms. The summed E-state index contributed by atoms with van der Waals surface area (Å²) in [5.74, 6) is 1.01. The lowest BCUT2D eigenvalue weighted by atomic mass is 10.2. The van der Waals surface area contributed by atoms with Crippen molar-refractivity contribution in [1.82, 2.24) is 16.4 Å². The third-order valence-electron chi connectivity index (χ3n) is 3.52. The van der Waals surface area contributed by atoms with Crippen molar-refractivity contribution < 1.29 is 9.55 Å². The van der Waals surface area contributed by atoms with E-state index in [4.69, 9.17) is 16.2 Å². The topological polar surface area (TPSA) is 124 Å². The molecule has 0 unspecified atom stereocenters. The van der Waals surface area contributed by atoms with Crippen molar-refractivity contribution in [2.75, 3.05) is 37.8 Å². The summed E-state index contributed by atoms with van der Waals surface area (Å²) in [7, 11) is 5.17. The summed E-state index contributed by atoms with van der Waals surface area (Å²) in [4.78, 5) is -0.0540. The third-order valence-corrected chi connectivity index (χ3v) is 3.52. The van der Waals surface area contributed by atoms with Crippen LogP contribution >= 0.6 is 0 Å². The maximum absolute atomic E-state index is 12.2. The summed E-state index contributed by atoms with van der Waals surface area (Å²) in [5.41, 5.74) is 21.6. The predicted octanol–water partition coefficient (Wildman–Crippen LogP) is 1.08. The quantitative estimate of drug-likeness (QED) is 0.290. The molecule has 130 valence electrons. The molecular formula is C15H23N7O2. The van der Waals surface area contributed by atoms with Gasteiger partial charge in [0.1, 0.15) is 12.8 Å². The number of quaternary nitrogens is 1. The van der Waals surface area contributed by atoms with Crippen LogP contribution in [0.1, 0.15) is 0 Å². The minimum absolute atomic E-state index is 0.0540. The first-order chi connectivity index (χ1) is 11.4. The Morgan fingerprint density at radius 2 is 1.67 bits per heavy atom. The first-order valence-electron chi connectivity index (χ1n) is 7.29. The lowest BCUT2D eigenvalue weighted by Crippen LogP contribution is -2.72. The summed E-state index contributed by atoms with van der Waals surface area (Å²) in [5, 5.41) is 12.8. The second-order valence-corrected chi connectivity index (χ2v) is 5.24. The molecule has 0 bridgehead atoms. The van der Waals surface area contributed by atoms with Gasteiger partial charge in [-0.25, -0.2) is 0 Å². The Labute approximate surface area is 140 Å². The van der Waals surface area contributed by atoms with Gasteiger partial charge < -0.3 is 26.6 Å². The van der Waals surface area contributed by atoms with Crippen LogP contribution in [-0.4, -0.2) is 26.0 Å². The van der Waals surface area contributed by atoms with Crippen molar-refractivity contribution in [3.05, 3.63) is 47.7 Å². The normalized spacial score (nSPS) is 11.3. The molecule has 0 aliphatic heterocycles. The van der Waals surface area contributed by atoms with Gasteiger partial charge in [-0.05, 0) is 41.9 Å². The van der Waals surface area contributed by atoms with Crippen molar-refractivity contribution >= 4 is 17.1 Å². The van der Waals surface area contributed by atoms with Crippen molar-refractivity contribution in [2.45, 2.75) is 0 Å². The molecule has 2 aromatic rings. The van der Waals surface area contributed by atoms with Gasteiger partial charge in [0, 0.05) is 31.5 Å². The molecule has 0 aromatic heterocycles. The highest BCUT2D eigenvalue weighted by Gasteiger charge is 2.18. The van der Waals surface area contributed by atoms with E-state index in [2.05, 4.69) is 16.4 Å². The van der Waals surface area contributed by atoms with Crippen LogP contribution in [0.25, 0.3) is 0 Å². The molecule has 0 atom stereocenters. The highest BCUT2D eigenvalue weighted by atomic mass is 16.6. The summed E-state index contributed by atoms with van der Waals surface area (Å²) < 4.78 is 5.69. The zero-order valence-electron chi connectivity index (χ0n) is 13.9. The van der Waals surface area contributed by atoms with Crippen LogP contribution < -0.4 is 37.8 Å². The molecule has 0 heterocycles. The molecule has 0 amide bonds. The zero-order valence-corrected chi connectivity index (χ0v) is 13.9. The fourth-order valence-electron chi connectivity index (χ4n) is 1.87. The van der Waals surface area contributed by atoms with Gasteiger partial charge >= 0.3 is 0 Å². The molecule has 24 heavy (non-hydrogen) atoms. The molecule has 0 saturated heterocycles. The summed E-state index contributed by atoms with van der Waals surface area (Å²) in [6, 6.07) is 11.6. The molecule has 0 saturated carbocycles. The van der Waals surface area contributed by atoms with Gasteiger partial charge in [0.15, 0.2) is 5.75 Å². The standard InChI is InChI=1S/C15H23N7O2/c1-18-22(3,19-2)20-21(23)12-5-7-13(8-6-12)24-15-10-11(16)4-9-14(15)17/h4-10,18-20H,16-17H2,1-3H3. The summed E-state index contributed by atoms with van der Waals surface area (Å²) in [6.45, 7) is 0. The Hall–Kier alpha value is -2.56. The summed E-state index contributed by atoms with van der Waals surface area (Å²) in [6.07, 6.45) is 0. The van der Waals surface area contributed by atoms with E-state index in [-0.39, 0.29) is 4.81 Å². The van der Waals surface area contributed by atoms with E-state index >= 15 is 0 Å². The van der Waals surface area contributed by atoms with Gasteiger partial charge in [-0.15, -0.1) is 10.9 Å². The van der Waals surface area contributed by atoms with Crippen molar-refractivity contribution in [2.24, 2.45) is 0 Å². The monoisotopic (exact) mass is 333 g/mol. The molecule has 0 radical (unpaired) electrons. The molecule has 0 aliphatic rings. The predicted molar refractivity (Wildman–Crippen MR) is 95.1 cm³/mol. The number of hydrogen-bond acceptors (Lipinski definition) is 8. The van der Waals surface area contributed by atoms with Gasteiger partial charge in [0.25, 0.3) is 0 Å². The zero-order chi connectivity index (χ0) is 17.7. The van der Waals surface area contributed by atoms with Gasteiger partial charge in [-0.2, -0.15) is 0 Å². The van der Waals surface area contributed by atoms with Crippen LogP contribution in [0.3, 0.4) is 0 Å². The number of ether oxygens (including phenoxy) is 1. The molecule has 0 fully saturated rings. The Balaban J connectivity index is 2.09. The molecule has 2 rings (SSSR count). The van der Waals surface area contributed by atoms with Gasteiger partial charge in [-0.3, -0.25) is 0 Å². The minimum Gasteiger partial charge on any atom is -0.739 e. The van der Waals surface area contributed by atoms with Crippen LogP contribution in [0, 0.1) is 5.21 Å². The average molecular weight is 333 g/mol. The molecule has 0 spiro atoms. The number of nitrogens with one attached hydrogen (secondary N) is 3. The van der Waals surface area contributed by atoms with Crippen LogP contribution in [0.2, 0.25) is 0 Å². The largest absolute Gasteiger partial charge is 0.739 e. The summed E-state index contributed by atoms with van der Waals surface area (Å²) >= 11 is 0. The minimum atomic E-state index is -0.0540. The van der Waals surface area contributed by atoms with Crippen molar-refractivity contribution in [3.63, 3.8) is 0 Å². The van der Waals surface area contributed by atoms with E-state index in [9.17, 15) is 5.21 Å². The van der Waals surface area contributed by atoms with E-state index in [1.165, 1.54) is 0 Å². The number of hydrazine groups is 1. The average Bonchev–Trinajstić information content (AvgIpc) is 2.58. The fourth-order valence-corrected chi connectivity index (χ4v) is 1.87. The maximum atomic E-state index is 12.2. The van der Waals surface area contributed by atoms with Crippen LogP contribution in [0.5, 0.6) is 11.5 Å². The second-order valence-electron chi connectivity index (χ2n) is 5.24. The van der Waals surface area contributed by atoms with E-state index in [1.807, 2.05) is 0 Å². The molecule has 2 aromatic carbocycles. The number of rotatable bonds is 7. The van der Waals surface area contributed by atoms with Gasteiger partial charge in [0.2, 0.25) is 0 Å². The van der Waals surface area contributed by atoms with Crippen LogP contribution in [-0.2, 0) is 0 Å². The lowest BCUT2D eigenvalue weighted by molar-refractivity contribution is -1.03. The number of nitrogen functional groups attached to an aromatic ring is 2. The van der Waals surface area contributed by atoms with Crippen LogP contribution in [0.15, 0.2) is 42.5 Å². The van der Waals surface area contributed by atoms with Crippen molar-refractivity contribution in [1.29, 1.82) is 0 Å². The Morgan fingerprint density at radius 1 is 1.04 bits per heavy atom. The van der Waals surface area contributed by atoms with Crippen LogP contribution in [0.4, 0.5) is 17.1 Å². The molecule has 7 N–H and O–H groups in total. The number of benzene rings is 2. The van der Waals surface area contributed by atoms with E-state index in [1.54, 1.807) is 63.6 Å². The first-order valence-corrected chi connectivity index (χ1v) is 7.29. The SMILES string of the molecule is CN[N+](C)(NC)NN([O-])c1ccc(Oc2cc(N)ccc2N)cc1. The Morgan fingerprint density at radius 3 is 2.25 bits per heavy atom. The fraction of sp³-hybridized carbons (Fsp3) is 0.200. The Kier molecular flexibility index (Phi) is 5.44. The third kappa shape index (κ3) is 4.25. The molecular weight excluding hydrogens is 310 g/mol. The number of nitrogens with zero attached hydrogens (tertiary/aromatic N) is 2. The van der Waals surface area contributed by atoms with Gasteiger partial charge in [-0.1, -0.05) is 4.81 Å². The van der Waals surface area contributed by atoms with Crippen molar-refractivity contribution in [3.8, 4) is 11.5 Å². The van der Waals surface area contributed by atoms with E-state index in [0.29, 0.717) is 33.7 Å². The van der Waals surface area contributed by atoms with E-state index < -0.39 is 0 Å². The number of anilines is 3. The van der Waals surface area contributed by atoms with E-state index in [0.717, 1.165) is 0 Å². The number of hydrogen-bond donors (Lipinski definition) is 5. The highest BCUT2D eigenvalue weighted by molar-refractivity contribution is 5.61. The highest BCUT2D eigenvalue weighted by Crippen LogP contribution is 2.30. The molecule has 0 aliphatic carbocycles.